The van der Waals surface area contributed by atoms with Crippen molar-refractivity contribution in [2.45, 2.75) is 32.4 Å². The third-order valence-electron chi connectivity index (χ3n) is 4.24. The molecule has 1 aliphatic carbocycles. The molecule has 3 aromatic rings. The van der Waals surface area contributed by atoms with Gasteiger partial charge in [0.05, 0.1) is 17.9 Å². The quantitative estimate of drug-likeness (QED) is 0.704. The minimum absolute atomic E-state index is 0.0552. The van der Waals surface area contributed by atoms with E-state index in [1.165, 1.54) is 0 Å². The zero-order valence-corrected chi connectivity index (χ0v) is 14.7. The molecule has 1 saturated carbocycles. The highest BCUT2D eigenvalue weighted by atomic mass is 32.1. The Morgan fingerprint density at radius 2 is 2.12 bits per heavy atom. The summed E-state index contributed by atoms with van der Waals surface area (Å²) >= 11 is 1.59. The maximum absolute atomic E-state index is 13.1. The van der Waals surface area contributed by atoms with Crippen LogP contribution in [0.1, 0.15) is 33.9 Å². The summed E-state index contributed by atoms with van der Waals surface area (Å²) in [7, 11) is 0. The molecule has 1 aliphatic rings. The summed E-state index contributed by atoms with van der Waals surface area (Å²) in [4.78, 5) is 19.3. The fraction of sp³-hybridized carbons (Fsp3) is 0.263. The summed E-state index contributed by atoms with van der Waals surface area (Å²) in [5.41, 5.74) is 3.24. The first-order valence-electron chi connectivity index (χ1n) is 8.31. The maximum atomic E-state index is 13.1. The van der Waals surface area contributed by atoms with E-state index in [0.29, 0.717) is 18.2 Å². The van der Waals surface area contributed by atoms with E-state index in [2.05, 4.69) is 15.2 Å². The fourth-order valence-corrected chi connectivity index (χ4v) is 3.37. The highest BCUT2D eigenvalue weighted by Crippen LogP contribution is 2.30. The molecule has 0 aliphatic heterocycles. The number of carbonyl (C=O) groups excluding carboxylic acids is 1. The molecule has 0 saturated heterocycles. The molecule has 0 atom stereocenters. The van der Waals surface area contributed by atoms with Crippen molar-refractivity contribution in [2.24, 2.45) is 0 Å². The Labute approximate surface area is 150 Å². The van der Waals surface area contributed by atoms with Crippen LogP contribution in [0.4, 0.5) is 0 Å². The predicted octanol–water partition coefficient (Wildman–Crippen LogP) is 3.71. The Morgan fingerprint density at radius 1 is 1.24 bits per heavy atom. The number of hydrogen-bond acceptors (Lipinski definition) is 5. The minimum atomic E-state index is 0.0552. The number of nitrogens with zero attached hydrogens (tertiary/aromatic N) is 4. The van der Waals surface area contributed by atoms with Crippen molar-refractivity contribution < 1.29 is 4.79 Å². The van der Waals surface area contributed by atoms with Gasteiger partial charge < -0.3 is 4.90 Å². The molecule has 0 spiro atoms. The van der Waals surface area contributed by atoms with Gasteiger partial charge in [0.1, 0.15) is 5.01 Å². The molecule has 126 valence electrons. The maximum Gasteiger partial charge on any atom is 0.254 e. The summed E-state index contributed by atoms with van der Waals surface area (Å²) in [5, 5.41) is 11.2. The van der Waals surface area contributed by atoms with Gasteiger partial charge in [0.25, 0.3) is 5.91 Å². The van der Waals surface area contributed by atoms with Gasteiger partial charge in [-0.15, -0.1) is 11.3 Å². The Morgan fingerprint density at radius 3 is 2.80 bits per heavy atom. The first-order chi connectivity index (χ1) is 12.2. The van der Waals surface area contributed by atoms with Crippen LogP contribution in [-0.4, -0.2) is 32.0 Å². The lowest BCUT2D eigenvalue weighted by molar-refractivity contribution is 0.0730. The molecular formula is C19H18N4OS. The number of rotatable bonds is 5. The zero-order chi connectivity index (χ0) is 17.2. The number of amides is 1. The van der Waals surface area contributed by atoms with Crippen molar-refractivity contribution in [3.8, 4) is 11.3 Å². The molecular weight excluding hydrogens is 332 g/mol. The van der Waals surface area contributed by atoms with Crippen LogP contribution in [0.25, 0.3) is 11.3 Å². The monoisotopic (exact) mass is 350 g/mol. The highest BCUT2D eigenvalue weighted by Gasteiger charge is 2.33. The molecule has 6 heteroatoms. The van der Waals surface area contributed by atoms with Crippen molar-refractivity contribution in [3.05, 3.63) is 64.2 Å². The van der Waals surface area contributed by atoms with Gasteiger partial charge in [-0.05, 0) is 44.0 Å². The summed E-state index contributed by atoms with van der Waals surface area (Å²) in [6, 6.07) is 11.8. The second kappa shape index (κ2) is 6.72. The predicted molar refractivity (Wildman–Crippen MR) is 97.2 cm³/mol. The SMILES string of the molecule is Cc1ccc(-c2cccc(C(=O)N(Cc3nccs3)C3CC3)c2)nn1. The number of thiazole rings is 1. The Hall–Kier alpha value is -2.60. The first kappa shape index (κ1) is 15.9. The average molecular weight is 350 g/mol. The van der Waals surface area contributed by atoms with E-state index < -0.39 is 0 Å². The van der Waals surface area contributed by atoms with Crippen molar-refractivity contribution in [3.63, 3.8) is 0 Å². The molecule has 5 nitrogen and oxygen atoms in total. The molecule has 0 radical (unpaired) electrons. The fourth-order valence-electron chi connectivity index (χ4n) is 2.76. The van der Waals surface area contributed by atoms with Crippen LogP contribution in [0.3, 0.4) is 0 Å². The number of aromatic nitrogens is 3. The molecule has 25 heavy (non-hydrogen) atoms. The van der Waals surface area contributed by atoms with E-state index >= 15 is 0 Å². The smallest absolute Gasteiger partial charge is 0.254 e. The first-order valence-corrected chi connectivity index (χ1v) is 9.19. The van der Waals surface area contributed by atoms with Crippen molar-refractivity contribution in [1.82, 2.24) is 20.1 Å². The van der Waals surface area contributed by atoms with Gasteiger partial charge in [-0.25, -0.2) is 4.98 Å². The Kier molecular flexibility index (Phi) is 4.28. The lowest BCUT2D eigenvalue weighted by atomic mass is 10.1. The van der Waals surface area contributed by atoms with Crippen LogP contribution < -0.4 is 0 Å². The van der Waals surface area contributed by atoms with Gasteiger partial charge in [-0.3, -0.25) is 4.79 Å². The van der Waals surface area contributed by atoms with Crippen LogP contribution in [0.5, 0.6) is 0 Å². The summed E-state index contributed by atoms with van der Waals surface area (Å²) in [5.74, 6) is 0.0552. The van der Waals surface area contributed by atoms with Gasteiger partial charge in [0.2, 0.25) is 0 Å². The number of carbonyl (C=O) groups is 1. The summed E-state index contributed by atoms with van der Waals surface area (Å²) in [6.45, 7) is 2.48. The third kappa shape index (κ3) is 3.58. The molecule has 2 aromatic heterocycles. The van der Waals surface area contributed by atoms with E-state index in [-0.39, 0.29) is 5.91 Å². The van der Waals surface area contributed by atoms with E-state index in [4.69, 9.17) is 0 Å². The van der Waals surface area contributed by atoms with Crippen molar-refractivity contribution >= 4 is 17.2 Å². The molecule has 1 fully saturated rings. The van der Waals surface area contributed by atoms with Crippen LogP contribution in [-0.2, 0) is 6.54 Å². The van der Waals surface area contributed by atoms with Crippen molar-refractivity contribution in [2.75, 3.05) is 0 Å². The lowest BCUT2D eigenvalue weighted by Gasteiger charge is -2.21. The molecule has 1 amide bonds. The molecule has 0 N–H and O–H groups in total. The molecule has 2 heterocycles. The average Bonchev–Trinajstić information content (AvgIpc) is 3.35. The standard InChI is InChI=1S/C19H18N4OS/c1-13-5-8-17(22-21-13)14-3-2-4-15(11-14)19(24)23(16-6-7-16)12-18-20-9-10-25-18/h2-5,8-11,16H,6-7,12H2,1H3. The van der Waals surface area contributed by atoms with E-state index in [0.717, 1.165) is 34.8 Å². The van der Waals surface area contributed by atoms with Gasteiger partial charge in [0.15, 0.2) is 0 Å². The second-order valence-electron chi connectivity index (χ2n) is 6.23. The topological polar surface area (TPSA) is 59.0 Å². The van der Waals surface area contributed by atoms with E-state index in [1.807, 2.05) is 53.6 Å². The van der Waals surface area contributed by atoms with Gasteiger partial charge in [-0.1, -0.05) is 12.1 Å². The minimum Gasteiger partial charge on any atom is -0.329 e. The lowest BCUT2D eigenvalue weighted by Crippen LogP contribution is -2.32. The Bertz CT molecular complexity index is 873. The molecule has 0 unspecified atom stereocenters. The Balaban J connectivity index is 1.60. The summed E-state index contributed by atoms with van der Waals surface area (Å²) < 4.78 is 0. The van der Waals surface area contributed by atoms with Crippen LogP contribution in [0.2, 0.25) is 0 Å². The highest BCUT2D eigenvalue weighted by molar-refractivity contribution is 7.09. The van der Waals surface area contributed by atoms with Crippen molar-refractivity contribution in [1.29, 1.82) is 0 Å². The normalized spacial score (nSPS) is 13.6. The van der Waals surface area contributed by atoms with Gasteiger partial charge >= 0.3 is 0 Å². The number of aryl methyl sites for hydroxylation is 1. The van der Waals surface area contributed by atoms with E-state index in [1.54, 1.807) is 17.5 Å². The third-order valence-corrected chi connectivity index (χ3v) is 5.01. The van der Waals surface area contributed by atoms with Crippen LogP contribution in [0, 0.1) is 6.92 Å². The molecule has 4 rings (SSSR count). The largest absolute Gasteiger partial charge is 0.329 e. The van der Waals surface area contributed by atoms with Crippen LogP contribution >= 0.6 is 11.3 Å². The van der Waals surface area contributed by atoms with Gasteiger partial charge in [0, 0.05) is 28.7 Å². The summed E-state index contributed by atoms with van der Waals surface area (Å²) in [6.07, 6.45) is 3.92. The number of benzene rings is 1. The van der Waals surface area contributed by atoms with Crippen LogP contribution in [0.15, 0.2) is 48.0 Å². The number of hydrogen-bond donors (Lipinski definition) is 0. The second-order valence-corrected chi connectivity index (χ2v) is 7.21. The van der Waals surface area contributed by atoms with E-state index in [9.17, 15) is 4.79 Å². The zero-order valence-electron chi connectivity index (χ0n) is 13.9. The van der Waals surface area contributed by atoms with Gasteiger partial charge in [-0.2, -0.15) is 10.2 Å². The molecule has 0 bridgehead atoms. The molecule has 1 aromatic carbocycles.